The van der Waals surface area contributed by atoms with Gasteiger partial charge < -0.3 is 4.90 Å². The summed E-state index contributed by atoms with van der Waals surface area (Å²) in [6, 6.07) is 14.7. The van der Waals surface area contributed by atoms with E-state index in [2.05, 4.69) is 49.1 Å². The van der Waals surface area contributed by atoms with Crippen molar-refractivity contribution in [1.29, 1.82) is 0 Å². The van der Waals surface area contributed by atoms with Crippen LogP contribution in [0.25, 0.3) is 22.0 Å². The summed E-state index contributed by atoms with van der Waals surface area (Å²) < 4.78 is 0. The number of aromatic nitrogens is 4. The van der Waals surface area contributed by atoms with Crippen molar-refractivity contribution in [1.82, 2.24) is 24.8 Å². The molecule has 2 atom stereocenters. The SMILES string of the molecule is O=C(c1cccc(-c2cncnc2)n1)N1[C@H]2CC[C@H]1CC(Cc1cncc3ccccc13)C2. The van der Waals surface area contributed by atoms with E-state index in [4.69, 9.17) is 0 Å². The Morgan fingerprint density at radius 3 is 2.48 bits per heavy atom. The summed E-state index contributed by atoms with van der Waals surface area (Å²) >= 11 is 0. The molecular formula is C27H25N5O. The number of benzene rings is 1. The smallest absolute Gasteiger partial charge is 0.272 e. The minimum absolute atomic E-state index is 0.0477. The molecule has 2 aliphatic heterocycles. The number of carbonyl (C=O) groups excluding carboxylic acids is 1. The quantitative estimate of drug-likeness (QED) is 0.464. The van der Waals surface area contributed by atoms with Crippen LogP contribution in [-0.2, 0) is 6.42 Å². The second kappa shape index (κ2) is 8.35. The summed E-state index contributed by atoms with van der Waals surface area (Å²) in [6.07, 6.45) is 14.1. The average Bonchev–Trinajstić information content (AvgIpc) is 3.14. The van der Waals surface area contributed by atoms with Gasteiger partial charge in [0.1, 0.15) is 12.0 Å². The number of hydrogen-bond acceptors (Lipinski definition) is 5. The van der Waals surface area contributed by atoms with Crippen molar-refractivity contribution in [2.45, 2.75) is 44.2 Å². The van der Waals surface area contributed by atoms with E-state index in [1.165, 1.54) is 22.7 Å². The zero-order valence-corrected chi connectivity index (χ0v) is 18.3. The minimum Gasteiger partial charge on any atom is -0.331 e. The molecule has 0 N–H and O–H groups in total. The number of pyridine rings is 2. The van der Waals surface area contributed by atoms with Crippen LogP contribution < -0.4 is 0 Å². The predicted octanol–water partition coefficient (Wildman–Crippen LogP) is 4.71. The van der Waals surface area contributed by atoms with Crippen molar-refractivity contribution >= 4 is 16.7 Å². The number of carbonyl (C=O) groups is 1. The molecule has 33 heavy (non-hydrogen) atoms. The molecule has 6 heteroatoms. The number of fused-ring (bicyclic) bond motifs is 3. The van der Waals surface area contributed by atoms with E-state index in [9.17, 15) is 4.79 Å². The molecule has 1 aromatic carbocycles. The first-order valence-corrected chi connectivity index (χ1v) is 11.6. The molecule has 6 rings (SSSR count). The van der Waals surface area contributed by atoms with Crippen LogP contribution in [0.5, 0.6) is 0 Å². The molecule has 2 bridgehead atoms. The first kappa shape index (κ1) is 20.0. The number of piperidine rings is 1. The molecule has 3 aromatic heterocycles. The van der Waals surface area contributed by atoms with Gasteiger partial charge in [-0.3, -0.25) is 9.78 Å². The van der Waals surface area contributed by atoms with E-state index in [0.29, 0.717) is 11.6 Å². The summed E-state index contributed by atoms with van der Waals surface area (Å²) in [6.45, 7) is 0. The molecule has 4 aromatic rings. The summed E-state index contributed by atoms with van der Waals surface area (Å²) in [5.74, 6) is 0.617. The molecule has 0 spiro atoms. The Labute approximate surface area is 192 Å². The molecule has 5 heterocycles. The lowest BCUT2D eigenvalue weighted by atomic mass is 9.85. The van der Waals surface area contributed by atoms with E-state index in [0.717, 1.165) is 43.4 Å². The Morgan fingerprint density at radius 1 is 0.879 bits per heavy atom. The van der Waals surface area contributed by atoms with Gasteiger partial charge in [-0.2, -0.15) is 0 Å². The second-order valence-electron chi connectivity index (χ2n) is 9.19. The molecule has 0 aliphatic carbocycles. The van der Waals surface area contributed by atoms with Gasteiger partial charge in [0.05, 0.1) is 5.69 Å². The van der Waals surface area contributed by atoms with Gasteiger partial charge in [0.15, 0.2) is 0 Å². The molecule has 164 valence electrons. The van der Waals surface area contributed by atoms with Crippen molar-refractivity contribution in [3.8, 4) is 11.3 Å². The first-order chi connectivity index (χ1) is 16.3. The maximum absolute atomic E-state index is 13.5. The highest BCUT2D eigenvalue weighted by Crippen LogP contribution is 2.41. The van der Waals surface area contributed by atoms with Gasteiger partial charge in [-0.05, 0) is 61.1 Å². The normalized spacial score (nSPS) is 21.9. The fourth-order valence-electron chi connectivity index (χ4n) is 5.72. The fourth-order valence-corrected chi connectivity index (χ4v) is 5.72. The van der Waals surface area contributed by atoms with E-state index in [1.54, 1.807) is 12.4 Å². The van der Waals surface area contributed by atoms with Gasteiger partial charge in [-0.15, -0.1) is 0 Å². The molecule has 2 aliphatic rings. The zero-order valence-electron chi connectivity index (χ0n) is 18.3. The standard InChI is InChI=1S/C27H25N5O/c33-27(26-7-3-6-25(31-26)21-15-29-17-30-16-21)32-22-8-9-23(32)12-18(11-22)10-20-14-28-13-19-4-1-2-5-24(19)20/h1-7,13-18,22-23H,8-12H2/t22-,23-/m0/s1. The Bertz CT molecular complexity index is 1290. The molecule has 2 saturated heterocycles. The fraction of sp³-hybridized carbons (Fsp3) is 0.296. The number of nitrogens with zero attached hydrogens (tertiary/aromatic N) is 5. The van der Waals surface area contributed by atoms with Crippen LogP contribution in [0.4, 0.5) is 0 Å². The van der Waals surface area contributed by atoms with Crippen molar-refractivity contribution in [3.05, 3.63) is 84.8 Å². The largest absolute Gasteiger partial charge is 0.331 e. The summed E-state index contributed by atoms with van der Waals surface area (Å²) in [4.78, 5) is 32.9. The third kappa shape index (κ3) is 3.75. The van der Waals surface area contributed by atoms with Crippen molar-refractivity contribution in [2.24, 2.45) is 5.92 Å². The van der Waals surface area contributed by atoms with E-state index in [1.807, 2.05) is 30.6 Å². The Balaban J connectivity index is 1.21. The topological polar surface area (TPSA) is 71.9 Å². The maximum Gasteiger partial charge on any atom is 0.272 e. The third-order valence-electron chi connectivity index (χ3n) is 7.15. The van der Waals surface area contributed by atoms with Crippen LogP contribution >= 0.6 is 0 Å². The molecule has 6 nitrogen and oxygen atoms in total. The van der Waals surface area contributed by atoms with Crippen molar-refractivity contribution < 1.29 is 4.79 Å². The van der Waals surface area contributed by atoms with Crippen molar-refractivity contribution in [3.63, 3.8) is 0 Å². The van der Waals surface area contributed by atoms with E-state index >= 15 is 0 Å². The Hall–Kier alpha value is -3.67. The van der Waals surface area contributed by atoms with Crippen LogP contribution in [0.15, 0.2) is 73.6 Å². The lowest BCUT2D eigenvalue weighted by molar-refractivity contribution is 0.0519. The molecule has 0 unspecified atom stereocenters. The lowest BCUT2D eigenvalue weighted by Gasteiger charge is -2.39. The summed E-state index contributed by atoms with van der Waals surface area (Å²) in [5.41, 5.74) is 3.37. The molecule has 1 amide bonds. The van der Waals surface area contributed by atoms with Crippen molar-refractivity contribution in [2.75, 3.05) is 0 Å². The van der Waals surface area contributed by atoms with Gasteiger partial charge in [0.25, 0.3) is 5.91 Å². The van der Waals surface area contributed by atoms with Crippen LogP contribution in [0, 0.1) is 5.92 Å². The Kier molecular flexibility index (Phi) is 5.06. The van der Waals surface area contributed by atoms with Gasteiger partial charge in [-0.25, -0.2) is 15.0 Å². The monoisotopic (exact) mass is 435 g/mol. The molecule has 2 fully saturated rings. The van der Waals surface area contributed by atoms with Gasteiger partial charge in [-0.1, -0.05) is 30.3 Å². The van der Waals surface area contributed by atoms with Gasteiger partial charge >= 0.3 is 0 Å². The summed E-state index contributed by atoms with van der Waals surface area (Å²) in [5, 5.41) is 2.49. The average molecular weight is 436 g/mol. The molecule has 0 radical (unpaired) electrons. The maximum atomic E-state index is 13.5. The molecule has 0 saturated carbocycles. The zero-order chi connectivity index (χ0) is 22.2. The summed E-state index contributed by atoms with van der Waals surface area (Å²) in [7, 11) is 0. The highest BCUT2D eigenvalue weighted by atomic mass is 16.2. The number of rotatable bonds is 4. The van der Waals surface area contributed by atoms with Crippen LogP contribution in [0.2, 0.25) is 0 Å². The predicted molar refractivity (Wildman–Crippen MR) is 126 cm³/mol. The number of amides is 1. The highest BCUT2D eigenvalue weighted by Gasteiger charge is 2.43. The number of hydrogen-bond donors (Lipinski definition) is 0. The van der Waals surface area contributed by atoms with E-state index < -0.39 is 0 Å². The minimum atomic E-state index is 0.0477. The van der Waals surface area contributed by atoms with Gasteiger partial charge in [0, 0.05) is 47.8 Å². The highest BCUT2D eigenvalue weighted by molar-refractivity contribution is 5.93. The van der Waals surface area contributed by atoms with Crippen LogP contribution in [-0.4, -0.2) is 42.8 Å². The van der Waals surface area contributed by atoms with Crippen LogP contribution in [0.3, 0.4) is 0 Å². The second-order valence-corrected chi connectivity index (χ2v) is 9.19. The lowest BCUT2D eigenvalue weighted by Crippen LogP contribution is -2.47. The molecular weight excluding hydrogens is 410 g/mol. The third-order valence-corrected chi connectivity index (χ3v) is 7.15. The van der Waals surface area contributed by atoms with Crippen LogP contribution in [0.1, 0.15) is 41.7 Å². The Morgan fingerprint density at radius 2 is 1.67 bits per heavy atom. The van der Waals surface area contributed by atoms with E-state index in [-0.39, 0.29) is 18.0 Å². The van der Waals surface area contributed by atoms with Gasteiger partial charge in [0.2, 0.25) is 0 Å². The first-order valence-electron chi connectivity index (χ1n) is 11.6.